The predicted octanol–water partition coefficient (Wildman–Crippen LogP) is 3.56. The molecular formula is C15H20BrNO2. The van der Waals surface area contributed by atoms with E-state index in [0.717, 1.165) is 35.0 Å². The Hall–Kier alpha value is -0.580. The van der Waals surface area contributed by atoms with E-state index in [4.69, 9.17) is 15.2 Å². The van der Waals surface area contributed by atoms with Crippen molar-refractivity contribution in [3.63, 3.8) is 0 Å². The Bertz CT molecular complexity index is 481. The number of ether oxygens (including phenoxy) is 2. The first-order chi connectivity index (χ1) is 8.97. The van der Waals surface area contributed by atoms with Crippen LogP contribution in [0.25, 0.3) is 0 Å². The summed E-state index contributed by atoms with van der Waals surface area (Å²) < 4.78 is 13.2. The molecule has 2 aliphatic rings. The van der Waals surface area contributed by atoms with E-state index in [0.29, 0.717) is 0 Å². The molecule has 2 aliphatic heterocycles. The Morgan fingerprint density at radius 2 is 1.89 bits per heavy atom. The van der Waals surface area contributed by atoms with Gasteiger partial charge in [-0.05, 0) is 26.0 Å². The van der Waals surface area contributed by atoms with Gasteiger partial charge in [-0.25, -0.2) is 0 Å². The molecule has 0 amide bonds. The van der Waals surface area contributed by atoms with Crippen LogP contribution in [0.3, 0.4) is 0 Å². The van der Waals surface area contributed by atoms with Gasteiger partial charge in [-0.3, -0.25) is 0 Å². The highest BCUT2D eigenvalue weighted by atomic mass is 79.9. The molecule has 104 valence electrons. The number of hydrogen-bond donors (Lipinski definition) is 1. The molecule has 1 spiro atoms. The van der Waals surface area contributed by atoms with Crippen LogP contribution in [-0.2, 0) is 4.74 Å². The molecule has 0 radical (unpaired) electrons. The summed E-state index contributed by atoms with van der Waals surface area (Å²) >= 11 is 3.50. The van der Waals surface area contributed by atoms with Crippen molar-refractivity contribution in [2.75, 3.05) is 0 Å². The molecule has 19 heavy (non-hydrogen) atoms. The topological polar surface area (TPSA) is 44.5 Å². The van der Waals surface area contributed by atoms with E-state index in [-0.39, 0.29) is 23.9 Å². The summed E-state index contributed by atoms with van der Waals surface area (Å²) in [6, 6.07) is 6.16. The zero-order chi connectivity index (χ0) is 13.6. The SMILES string of the molecule is CC1CC2(CC(C)O1)CC(N)c1ccc(Br)cc1O2. The molecule has 0 bridgehead atoms. The highest BCUT2D eigenvalue weighted by molar-refractivity contribution is 9.10. The molecule has 4 heteroatoms. The first-order valence-corrected chi connectivity index (χ1v) is 7.66. The van der Waals surface area contributed by atoms with Crippen LogP contribution < -0.4 is 10.5 Å². The van der Waals surface area contributed by atoms with Crippen LogP contribution in [0.4, 0.5) is 0 Å². The molecular weight excluding hydrogens is 306 g/mol. The number of nitrogens with two attached hydrogens (primary N) is 1. The summed E-state index contributed by atoms with van der Waals surface area (Å²) in [4.78, 5) is 0. The normalized spacial score (nSPS) is 37.8. The Kier molecular flexibility index (Phi) is 3.36. The summed E-state index contributed by atoms with van der Waals surface area (Å²) in [6.07, 6.45) is 3.16. The van der Waals surface area contributed by atoms with E-state index in [9.17, 15) is 0 Å². The molecule has 1 aromatic carbocycles. The smallest absolute Gasteiger partial charge is 0.126 e. The van der Waals surface area contributed by atoms with Gasteiger partial charge in [0, 0.05) is 35.3 Å². The van der Waals surface area contributed by atoms with Crippen molar-refractivity contribution in [2.45, 2.75) is 57.0 Å². The van der Waals surface area contributed by atoms with E-state index >= 15 is 0 Å². The number of halogens is 1. The quantitative estimate of drug-likeness (QED) is 0.793. The minimum Gasteiger partial charge on any atom is -0.487 e. The first-order valence-electron chi connectivity index (χ1n) is 6.87. The molecule has 3 unspecified atom stereocenters. The Morgan fingerprint density at radius 1 is 1.21 bits per heavy atom. The molecule has 2 N–H and O–H groups in total. The zero-order valence-corrected chi connectivity index (χ0v) is 12.9. The standard InChI is InChI=1S/C15H20BrNO2/c1-9-6-15(7-10(2)18-9)8-13(17)12-4-3-11(16)5-14(12)19-15/h3-5,9-10,13H,6-8,17H2,1-2H3. The van der Waals surface area contributed by atoms with Crippen LogP contribution in [-0.4, -0.2) is 17.8 Å². The highest BCUT2D eigenvalue weighted by Gasteiger charge is 2.45. The second-order valence-corrected chi connectivity index (χ2v) is 6.86. The van der Waals surface area contributed by atoms with Crippen LogP contribution in [0.2, 0.25) is 0 Å². The monoisotopic (exact) mass is 325 g/mol. The minimum absolute atomic E-state index is 0.0503. The molecule has 2 heterocycles. The fourth-order valence-corrected chi connectivity index (χ4v) is 3.90. The lowest BCUT2D eigenvalue weighted by molar-refractivity contribution is -0.129. The van der Waals surface area contributed by atoms with Crippen molar-refractivity contribution in [3.05, 3.63) is 28.2 Å². The fourth-order valence-electron chi connectivity index (χ4n) is 3.56. The van der Waals surface area contributed by atoms with Gasteiger partial charge in [0.15, 0.2) is 0 Å². The third-order valence-electron chi connectivity index (χ3n) is 4.08. The number of benzene rings is 1. The zero-order valence-electron chi connectivity index (χ0n) is 11.4. The summed E-state index contributed by atoms with van der Waals surface area (Å²) in [7, 11) is 0. The first kappa shape index (κ1) is 13.4. The third-order valence-corrected chi connectivity index (χ3v) is 4.57. The molecule has 0 saturated carbocycles. The predicted molar refractivity (Wildman–Crippen MR) is 78.3 cm³/mol. The maximum atomic E-state index is 6.36. The van der Waals surface area contributed by atoms with Gasteiger partial charge in [-0.1, -0.05) is 22.0 Å². The van der Waals surface area contributed by atoms with E-state index in [1.807, 2.05) is 12.1 Å². The molecule has 0 aromatic heterocycles. The van der Waals surface area contributed by atoms with Gasteiger partial charge >= 0.3 is 0 Å². The second-order valence-electron chi connectivity index (χ2n) is 5.94. The van der Waals surface area contributed by atoms with Crippen molar-refractivity contribution < 1.29 is 9.47 Å². The van der Waals surface area contributed by atoms with Gasteiger partial charge in [-0.15, -0.1) is 0 Å². The molecule has 3 rings (SSSR count). The van der Waals surface area contributed by atoms with Crippen LogP contribution >= 0.6 is 15.9 Å². The minimum atomic E-state index is -0.162. The molecule has 3 nitrogen and oxygen atoms in total. The second kappa shape index (κ2) is 4.76. The number of fused-ring (bicyclic) bond motifs is 1. The van der Waals surface area contributed by atoms with Gasteiger partial charge in [0.05, 0.1) is 12.2 Å². The van der Waals surface area contributed by atoms with E-state index in [2.05, 4.69) is 35.8 Å². The molecule has 0 aliphatic carbocycles. The lowest BCUT2D eigenvalue weighted by Gasteiger charge is -2.47. The van der Waals surface area contributed by atoms with Gasteiger partial charge in [-0.2, -0.15) is 0 Å². The molecule has 3 atom stereocenters. The van der Waals surface area contributed by atoms with Crippen LogP contribution in [0.15, 0.2) is 22.7 Å². The van der Waals surface area contributed by atoms with Crippen molar-refractivity contribution in [2.24, 2.45) is 5.73 Å². The lowest BCUT2D eigenvalue weighted by atomic mass is 9.79. The summed E-state index contributed by atoms with van der Waals surface area (Å²) in [5.74, 6) is 0.925. The molecule has 1 saturated heterocycles. The molecule has 1 aromatic rings. The van der Waals surface area contributed by atoms with Crippen molar-refractivity contribution in [3.8, 4) is 5.75 Å². The van der Waals surface area contributed by atoms with E-state index in [1.165, 1.54) is 0 Å². The largest absolute Gasteiger partial charge is 0.487 e. The average molecular weight is 326 g/mol. The van der Waals surface area contributed by atoms with E-state index in [1.54, 1.807) is 0 Å². The Labute approximate surface area is 122 Å². The summed E-state index contributed by atoms with van der Waals surface area (Å²) in [5.41, 5.74) is 7.31. The van der Waals surface area contributed by atoms with Gasteiger partial charge in [0.1, 0.15) is 11.4 Å². The van der Waals surface area contributed by atoms with Crippen LogP contribution in [0, 0.1) is 0 Å². The Balaban J connectivity index is 1.95. The van der Waals surface area contributed by atoms with Crippen LogP contribution in [0.5, 0.6) is 5.75 Å². The van der Waals surface area contributed by atoms with Crippen LogP contribution in [0.1, 0.15) is 44.7 Å². The fraction of sp³-hybridized carbons (Fsp3) is 0.600. The van der Waals surface area contributed by atoms with Crippen molar-refractivity contribution in [1.82, 2.24) is 0 Å². The van der Waals surface area contributed by atoms with Crippen molar-refractivity contribution in [1.29, 1.82) is 0 Å². The average Bonchev–Trinajstić information content (AvgIpc) is 2.25. The van der Waals surface area contributed by atoms with Gasteiger partial charge in [0.2, 0.25) is 0 Å². The van der Waals surface area contributed by atoms with E-state index < -0.39 is 0 Å². The highest BCUT2D eigenvalue weighted by Crippen LogP contribution is 2.46. The lowest BCUT2D eigenvalue weighted by Crippen LogP contribution is -2.51. The van der Waals surface area contributed by atoms with Gasteiger partial charge in [0.25, 0.3) is 0 Å². The summed E-state index contributed by atoms with van der Waals surface area (Å²) in [6.45, 7) is 4.23. The Morgan fingerprint density at radius 3 is 2.58 bits per heavy atom. The maximum absolute atomic E-state index is 6.36. The molecule has 1 fully saturated rings. The number of rotatable bonds is 0. The number of hydrogen-bond acceptors (Lipinski definition) is 3. The summed E-state index contributed by atoms with van der Waals surface area (Å²) in [5, 5.41) is 0. The maximum Gasteiger partial charge on any atom is 0.126 e. The van der Waals surface area contributed by atoms with Crippen molar-refractivity contribution >= 4 is 15.9 Å². The third kappa shape index (κ3) is 2.54. The van der Waals surface area contributed by atoms with Gasteiger partial charge < -0.3 is 15.2 Å².